The summed E-state index contributed by atoms with van der Waals surface area (Å²) in [6.45, 7) is 7.06. The Morgan fingerprint density at radius 3 is 2.33 bits per heavy atom. The Labute approximate surface area is 125 Å². The number of benzene rings is 1. The van der Waals surface area contributed by atoms with Gasteiger partial charge in [-0.05, 0) is 56.2 Å². The second-order valence-corrected chi connectivity index (χ2v) is 4.78. The predicted octanol–water partition coefficient (Wildman–Crippen LogP) is 3.24. The molecule has 0 spiro atoms. The third-order valence-electron chi connectivity index (χ3n) is 3.21. The number of rotatable bonds is 6. The van der Waals surface area contributed by atoms with E-state index in [0.29, 0.717) is 13.2 Å². The van der Waals surface area contributed by atoms with Crippen LogP contribution in [0.4, 0.5) is 0 Å². The van der Waals surface area contributed by atoms with Crippen molar-refractivity contribution in [1.82, 2.24) is 4.98 Å². The molecule has 0 fully saturated rings. The van der Waals surface area contributed by atoms with Crippen LogP contribution in [0.3, 0.4) is 0 Å². The number of hydrogen-bond acceptors (Lipinski definition) is 4. The monoisotopic (exact) mass is 286 g/mol. The number of nitrogens with two attached hydrogens (primary N) is 1. The molecule has 0 saturated heterocycles. The molecular formula is C17H22N2O2. The summed E-state index contributed by atoms with van der Waals surface area (Å²) in [5.74, 6) is 1.49. The fraction of sp³-hybridized carbons (Fsp3) is 0.353. The zero-order valence-corrected chi connectivity index (χ0v) is 12.8. The van der Waals surface area contributed by atoms with Crippen LogP contribution < -0.4 is 15.2 Å². The molecule has 2 N–H and O–H groups in total. The molecule has 1 heterocycles. The van der Waals surface area contributed by atoms with Crippen molar-refractivity contribution < 1.29 is 9.47 Å². The summed E-state index contributed by atoms with van der Waals surface area (Å²) in [7, 11) is 0. The van der Waals surface area contributed by atoms with Crippen LogP contribution in [0, 0.1) is 6.92 Å². The molecule has 0 aliphatic rings. The van der Waals surface area contributed by atoms with E-state index in [1.54, 1.807) is 6.20 Å². The van der Waals surface area contributed by atoms with Gasteiger partial charge in [0.1, 0.15) is 0 Å². The van der Waals surface area contributed by atoms with Gasteiger partial charge in [0, 0.05) is 11.9 Å². The highest BCUT2D eigenvalue weighted by atomic mass is 16.5. The normalized spacial score (nSPS) is 12.0. The van der Waals surface area contributed by atoms with Crippen LogP contribution in [0.15, 0.2) is 36.5 Å². The predicted molar refractivity (Wildman–Crippen MR) is 83.8 cm³/mol. The first kappa shape index (κ1) is 15.3. The van der Waals surface area contributed by atoms with Crippen molar-refractivity contribution in [2.75, 3.05) is 13.2 Å². The molecule has 1 aromatic heterocycles. The quantitative estimate of drug-likeness (QED) is 0.885. The fourth-order valence-electron chi connectivity index (χ4n) is 2.21. The van der Waals surface area contributed by atoms with Gasteiger partial charge in [0.15, 0.2) is 11.5 Å². The van der Waals surface area contributed by atoms with E-state index in [-0.39, 0.29) is 6.04 Å². The molecule has 0 radical (unpaired) electrons. The highest BCUT2D eigenvalue weighted by Crippen LogP contribution is 2.32. The smallest absolute Gasteiger partial charge is 0.161 e. The highest BCUT2D eigenvalue weighted by molar-refractivity contribution is 5.45. The lowest BCUT2D eigenvalue weighted by atomic mass is 9.99. The van der Waals surface area contributed by atoms with E-state index in [2.05, 4.69) is 4.98 Å². The van der Waals surface area contributed by atoms with Crippen LogP contribution in [0.1, 0.15) is 36.7 Å². The third kappa shape index (κ3) is 3.73. The molecule has 4 nitrogen and oxygen atoms in total. The summed E-state index contributed by atoms with van der Waals surface area (Å²) in [5, 5.41) is 0. The van der Waals surface area contributed by atoms with Gasteiger partial charge in [-0.1, -0.05) is 6.07 Å². The van der Waals surface area contributed by atoms with Crippen molar-refractivity contribution in [1.29, 1.82) is 0 Å². The number of aryl methyl sites for hydroxylation is 1. The van der Waals surface area contributed by atoms with E-state index < -0.39 is 0 Å². The molecule has 0 aliphatic heterocycles. The first-order valence-corrected chi connectivity index (χ1v) is 7.23. The van der Waals surface area contributed by atoms with Crippen LogP contribution in [0.5, 0.6) is 11.5 Å². The Balaban J connectivity index is 2.32. The summed E-state index contributed by atoms with van der Waals surface area (Å²) in [5.41, 5.74) is 9.34. The number of pyridine rings is 1. The SMILES string of the molecule is CCOc1ccc(C(N)c2ccnc(C)c2)cc1OCC. The van der Waals surface area contributed by atoms with Gasteiger partial charge in [0.2, 0.25) is 0 Å². The van der Waals surface area contributed by atoms with Crippen molar-refractivity contribution in [3.63, 3.8) is 0 Å². The van der Waals surface area contributed by atoms with Crippen LogP contribution in [0.2, 0.25) is 0 Å². The lowest BCUT2D eigenvalue weighted by Crippen LogP contribution is -2.12. The summed E-state index contributed by atoms with van der Waals surface area (Å²) in [4.78, 5) is 4.20. The molecule has 0 aliphatic carbocycles. The second-order valence-electron chi connectivity index (χ2n) is 4.78. The van der Waals surface area contributed by atoms with Gasteiger partial charge < -0.3 is 15.2 Å². The zero-order chi connectivity index (χ0) is 15.2. The van der Waals surface area contributed by atoms with Gasteiger partial charge in [0.05, 0.1) is 19.3 Å². The highest BCUT2D eigenvalue weighted by Gasteiger charge is 2.13. The molecule has 4 heteroatoms. The molecule has 112 valence electrons. The van der Waals surface area contributed by atoms with E-state index in [9.17, 15) is 0 Å². The molecule has 0 amide bonds. The van der Waals surface area contributed by atoms with E-state index >= 15 is 0 Å². The van der Waals surface area contributed by atoms with E-state index in [0.717, 1.165) is 28.3 Å². The topological polar surface area (TPSA) is 57.4 Å². The second kappa shape index (κ2) is 7.09. The summed E-state index contributed by atoms with van der Waals surface area (Å²) >= 11 is 0. The van der Waals surface area contributed by atoms with Gasteiger partial charge in [-0.25, -0.2) is 0 Å². The number of hydrogen-bond donors (Lipinski definition) is 1. The third-order valence-corrected chi connectivity index (χ3v) is 3.21. The first-order chi connectivity index (χ1) is 10.2. The molecule has 2 aromatic rings. The van der Waals surface area contributed by atoms with Crippen molar-refractivity contribution in [2.45, 2.75) is 26.8 Å². The van der Waals surface area contributed by atoms with E-state index in [1.165, 1.54) is 0 Å². The Morgan fingerprint density at radius 2 is 1.67 bits per heavy atom. The minimum absolute atomic E-state index is 0.207. The van der Waals surface area contributed by atoms with Crippen molar-refractivity contribution in [3.05, 3.63) is 53.3 Å². The molecule has 2 rings (SSSR count). The van der Waals surface area contributed by atoms with Crippen molar-refractivity contribution in [2.24, 2.45) is 5.73 Å². The lowest BCUT2D eigenvalue weighted by molar-refractivity contribution is 0.287. The minimum Gasteiger partial charge on any atom is -0.490 e. The van der Waals surface area contributed by atoms with Crippen molar-refractivity contribution in [3.8, 4) is 11.5 Å². The van der Waals surface area contributed by atoms with Gasteiger partial charge >= 0.3 is 0 Å². The first-order valence-electron chi connectivity index (χ1n) is 7.23. The van der Waals surface area contributed by atoms with E-state index in [1.807, 2.05) is 51.1 Å². The molecule has 1 aromatic carbocycles. The van der Waals surface area contributed by atoms with Crippen molar-refractivity contribution >= 4 is 0 Å². The Kier molecular flexibility index (Phi) is 5.17. The van der Waals surface area contributed by atoms with Gasteiger partial charge in [-0.3, -0.25) is 4.98 Å². The maximum absolute atomic E-state index is 6.35. The summed E-state index contributed by atoms with van der Waals surface area (Å²) in [6, 6.07) is 9.58. The number of aromatic nitrogens is 1. The van der Waals surface area contributed by atoms with Gasteiger partial charge in [0.25, 0.3) is 0 Å². The number of ether oxygens (including phenoxy) is 2. The molecular weight excluding hydrogens is 264 g/mol. The molecule has 1 atom stereocenters. The fourth-order valence-corrected chi connectivity index (χ4v) is 2.21. The molecule has 1 unspecified atom stereocenters. The average molecular weight is 286 g/mol. The summed E-state index contributed by atoms with van der Waals surface area (Å²) in [6.07, 6.45) is 1.78. The minimum atomic E-state index is -0.207. The average Bonchev–Trinajstić information content (AvgIpc) is 2.49. The lowest BCUT2D eigenvalue weighted by Gasteiger charge is -2.16. The van der Waals surface area contributed by atoms with Crippen LogP contribution in [-0.4, -0.2) is 18.2 Å². The van der Waals surface area contributed by atoms with E-state index in [4.69, 9.17) is 15.2 Å². The van der Waals surface area contributed by atoms with Crippen LogP contribution in [0.25, 0.3) is 0 Å². The van der Waals surface area contributed by atoms with Crippen LogP contribution in [-0.2, 0) is 0 Å². The Morgan fingerprint density at radius 1 is 1.00 bits per heavy atom. The maximum Gasteiger partial charge on any atom is 0.161 e. The standard InChI is InChI=1S/C17H22N2O2/c1-4-20-15-7-6-13(11-16(15)21-5-2)17(18)14-8-9-19-12(3)10-14/h6-11,17H,4-5,18H2,1-3H3. The largest absolute Gasteiger partial charge is 0.490 e. The Bertz CT molecular complexity index is 599. The molecule has 0 bridgehead atoms. The maximum atomic E-state index is 6.35. The zero-order valence-electron chi connectivity index (χ0n) is 12.8. The summed E-state index contributed by atoms with van der Waals surface area (Å²) < 4.78 is 11.2. The molecule has 21 heavy (non-hydrogen) atoms. The number of nitrogens with zero attached hydrogens (tertiary/aromatic N) is 1. The molecule has 0 saturated carbocycles. The van der Waals surface area contributed by atoms with Crippen LogP contribution >= 0.6 is 0 Å². The van der Waals surface area contributed by atoms with Gasteiger partial charge in [-0.2, -0.15) is 0 Å². The van der Waals surface area contributed by atoms with Gasteiger partial charge in [-0.15, -0.1) is 0 Å². The Hall–Kier alpha value is -2.07.